The molecule has 0 aliphatic carbocycles. The first-order valence-electron chi connectivity index (χ1n) is 7.80. The van der Waals surface area contributed by atoms with Crippen LogP contribution < -0.4 is 5.32 Å². The van der Waals surface area contributed by atoms with Crippen molar-refractivity contribution in [1.29, 1.82) is 0 Å². The van der Waals surface area contributed by atoms with E-state index in [-0.39, 0.29) is 24.0 Å². The van der Waals surface area contributed by atoms with Crippen LogP contribution in [0.4, 0.5) is 0 Å². The lowest BCUT2D eigenvalue weighted by molar-refractivity contribution is 0.266. The van der Waals surface area contributed by atoms with E-state index < -0.39 is 0 Å². The zero-order valence-corrected chi connectivity index (χ0v) is 15.5. The van der Waals surface area contributed by atoms with Crippen molar-refractivity contribution in [3.63, 3.8) is 0 Å². The van der Waals surface area contributed by atoms with E-state index in [0.29, 0.717) is 0 Å². The fraction of sp³-hybridized carbons (Fsp3) is 0.733. The predicted molar refractivity (Wildman–Crippen MR) is 98.2 cm³/mol. The minimum absolute atomic E-state index is 0. The highest BCUT2D eigenvalue weighted by molar-refractivity contribution is 14.0. The smallest absolute Gasteiger partial charge is 0.193 e. The van der Waals surface area contributed by atoms with E-state index in [0.717, 1.165) is 51.0 Å². The number of hydrogen-bond acceptors (Lipinski definition) is 2. The van der Waals surface area contributed by atoms with E-state index in [1.165, 1.54) is 12.8 Å². The van der Waals surface area contributed by atoms with Gasteiger partial charge in [0.15, 0.2) is 5.96 Å². The molecule has 0 radical (unpaired) electrons. The van der Waals surface area contributed by atoms with Crippen LogP contribution in [0, 0.1) is 5.92 Å². The van der Waals surface area contributed by atoms with Gasteiger partial charge in [-0.2, -0.15) is 5.10 Å². The molecule has 5 nitrogen and oxygen atoms in total. The van der Waals surface area contributed by atoms with Crippen molar-refractivity contribution in [3.05, 3.63) is 18.5 Å². The average molecular weight is 405 g/mol. The molecule has 1 aliphatic heterocycles. The molecule has 1 aliphatic rings. The Balaban J connectivity index is 0.00000220. The number of nitrogens with one attached hydrogen (secondary N) is 1. The van der Waals surface area contributed by atoms with Crippen LogP contribution in [-0.4, -0.2) is 46.8 Å². The highest BCUT2D eigenvalue weighted by atomic mass is 127. The van der Waals surface area contributed by atoms with Gasteiger partial charge in [0.25, 0.3) is 0 Å². The van der Waals surface area contributed by atoms with Crippen LogP contribution in [0.2, 0.25) is 0 Å². The van der Waals surface area contributed by atoms with Gasteiger partial charge in [0.1, 0.15) is 0 Å². The molecule has 1 aromatic heterocycles. The van der Waals surface area contributed by atoms with E-state index in [1.54, 1.807) is 0 Å². The Morgan fingerprint density at radius 1 is 1.48 bits per heavy atom. The maximum absolute atomic E-state index is 4.76. The molecule has 0 saturated carbocycles. The molecule has 2 rings (SSSR count). The van der Waals surface area contributed by atoms with Crippen molar-refractivity contribution >= 4 is 29.9 Å². The molecule has 1 N–H and O–H groups in total. The Morgan fingerprint density at radius 3 is 3.00 bits per heavy atom. The third kappa shape index (κ3) is 6.23. The van der Waals surface area contributed by atoms with Gasteiger partial charge < -0.3 is 10.2 Å². The monoisotopic (exact) mass is 405 g/mol. The van der Waals surface area contributed by atoms with Crippen LogP contribution in [0.1, 0.15) is 33.1 Å². The minimum atomic E-state index is 0. The number of aliphatic imine (C=N–C) groups is 1. The van der Waals surface area contributed by atoms with E-state index >= 15 is 0 Å². The van der Waals surface area contributed by atoms with Crippen LogP contribution in [0.15, 0.2) is 23.5 Å². The normalized spacial score (nSPS) is 19.2. The maximum atomic E-state index is 4.76. The zero-order valence-electron chi connectivity index (χ0n) is 13.2. The Labute approximate surface area is 145 Å². The lowest BCUT2D eigenvalue weighted by Crippen LogP contribution is -2.46. The number of piperidine rings is 1. The standard InChI is InChI=1S/C15H27N5.HI/c1-3-16-15(19-10-4-7-14(2)13-19)17-8-5-11-20-12-6-9-18-20;/h6,9,12,14H,3-5,7-8,10-11,13H2,1-2H3,(H,16,17);1H. The number of guanidine groups is 1. The molecule has 1 atom stereocenters. The summed E-state index contributed by atoms with van der Waals surface area (Å²) in [5.41, 5.74) is 0. The number of aromatic nitrogens is 2. The Hall–Kier alpha value is -0.790. The van der Waals surface area contributed by atoms with E-state index in [9.17, 15) is 0 Å². The third-order valence-electron chi connectivity index (χ3n) is 3.66. The summed E-state index contributed by atoms with van der Waals surface area (Å²) in [6.45, 7) is 9.45. The molecule has 6 heteroatoms. The second kappa shape index (κ2) is 10.0. The van der Waals surface area contributed by atoms with Gasteiger partial charge in [-0.15, -0.1) is 24.0 Å². The summed E-state index contributed by atoms with van der Waals surface area (Å²) in [7, 11) is 0. The topological polar surface area (TPSA) is 45.5 Å². The molecule has 1 unspecified atom stereocenters. The molecule has 0 aromatic carbocycles. The number of nitrogens with zero attached hydrogens (tertiary/aromatic N) is 4. The predicted octanol–water partition coefficient (Wildman–Crippen LogP) is 2.59. The first-order valence-corrected chi connectivity index (χ1v) is 7.80. The first-order chi connectivity index (χ1) is 9.79. The van der Waals surface area contributed by atoms with E-state index in [1.807, 2.05) is 23.1 Å². The summed E-state index contributed by atoms with van der Waals surface area (Å²) < 4.78 is 1.96. The fourth-order valence-corrected chi connectivity index (χ4v) is 2.66. The Bertz CT molecular complexity index is 404. The molecule has 0 bridgehead atoms. The van der Waals surface area contributed by atoms with Crippen molar-refractivity contribution in [2.45, 2.75) is 39.7 Å². The molecule has 2 heterocycles. The number of halogens is 1. The van der Waals surface area contributed by atoms with Crippen LogP contribution in [0.3, 0.4) is 0 Å². The highest BCUT2D eigenvalue weighted by Gasteiger charge is 2.18. The molecule has 120 valence electrons. The molecule has 1 saturated heterocycles. The summed E-state index contributed by atoms with van der Waals surface area (Å²) in [5.74, 6) is 1.86. The van der Waals surface area contributed by atoms with Gasteiger partial charge in [0.2, 0.25) is 0 Å². The van der Waals surface area contributed by atoms with Gasteiger partial charge in [-0.1, -0.05) is 6.92 Å². The average Bonchev–Trinajstić information content (AvgIpc) is 2.95. The van der Waals surface area contributed by atoms with Crippen molar-refractivity contribution in [3.8, 4) is 0 Å². The maximum Gasteiger partial charge on any atom is 0.193 e. The van der Waals surface area contributed by atoms with Gasteiger partial charge in [-0.05, 0) is 38.2 Å². The van der Waals surface area contributed by atoms with E-state index in [2.05, 4.69) is 29.2 Å². The lowest BCUT2D eigenvalue weighted by Gasteiger charge is -2.33. The molecule has 1 fully saturated rings. The van der Waals surface area contributed by atoms with Crippen molar-refractivity contribution < 1.29 is 0 Å². The number of hydrogen-bond donors (Lipinski definition) is 1. The molecule has 0 spiro atoms. The van der Waals surface area contributed by atoms with Crippen LogP contribution in [0.5, 0.6) is 0 Å². The van der Waals surface area contributed by atoms with Gasteiger partial charge in [0, 0.05) is 45.1 Å². The second-order valence-electron chi connectivity index (χ2n) is 5.55. The number of aryl methyl sites for hydroxylation is 1. The lowest BCUT2D eigenvalue weighted by atomic mass is 10.0. The van der Waals surface area contributed by atoms with Gasteiger partial charge in [-0.25, -0.2) is 0 Å². The summed E-state index contributed by atoms with van der Waals surface area (Å²) in [4.78, 5) is 7.17. The van der Waals surface area contributed by atoms with Crippen molar-refractivity contribution in [2.24, 2.45) is 10.9 Å². The molecule has 0 amide bonds. The fourth-order valence-electron chi connectivity index (χ4n) is 2.66. The minimum Gasteiger partial charge on any atom is -0.357 e. The first kappa shape index (κ1) is 18.3. The molecular weight excluding hydrogens is 377 g/mol. The number of rotatable bonds is 5. The van der Waals surface area contributed by atoms with Gasteiger partial charge >= 0.3 is 0 Å². The molecular formula is C15H28IN5. The highest BCUT2D eigenvalue weighted by Crippen LogP contribution is 2.15. The van der Waals surface area contributed by atoms with Crippen molar-refractivity contribution in [1.82, 2.24) is 20.0 Å². The zero-order chi connectivity index (χ0) is 14.2. The van der Waals surface area contributed by atoms with Crippen LogP contribution in [-0.2, 0) is 6.54 Å². The second-order valence-corrected chi connectivity index (χ2v) is 5.55. The quantitative estimate of drug-likeness (QED) is 0.355. The largest absolute Gasteiger partial charge is 0.357 e. The summed E-state index contributed by atoms with van der Waals surface area (Å²) in [6, 6.07) is 1.96. The Morgan fingerprint density at radius 2 is 2.33 bits per heavy atom. The number of likely N-dealkylation sites (tertiary alicyclic amines) is 1. The van der Waals surface area contributed by atoms with Crippen LogP contribution >= 0.6 is 24.0 Å². The molecule has 1 aromatic rings. The van der Waals surface area contributed by atoms with Crippen molar-refractivity contribution in [2.75, 3.05) is 26.2 Å². The summed E-state index contributed by atoms with van der Waals surface area (Å²) in [6.07, 6.45) is 7.47. The summed E-state index contributed by atoms with van der Waals surface area (Å²) in [5, 5.41) is 7.63. The van der Waals surface area contributed by atoms with E-state index in [4.69, 9.17) is 4.99 Å². The summed E-state index contributed by atoms with van der Waals surface area (Å²) >= 11 is 0. The van der Waals surface area contributed by atoms with Gasteiger partial charge in [0.05, 0.1) is 0 Å². The Kier molecular flexibility index (Phi) is 8.72. The van der Waals surface area contributed by atoms with Crippen LogP contribution in [0.25, 0.3) is 0 Å². The SMILES string of the molecule is CCNC(=NCCCn1cccn1)N1CCCC(C)C1.I. The molecule has 21 heavy (non-hydrogen) atoms. The van der Waals surface area contributed by atoms with Gasteiger partial charge in [-0.3, -0.25) is 9.67 Å². The third-order valence-corrected chi connectivity index (χ3v) is 3.66.